The molecule has 2 aromatic carbocycles. The largest absolute Gasteiger partial charge is 0.508 e. The van der Waals surface area contributed by atoms with E-state index in [1.165, 1.54) is 11.1 Å². The van der Waals surface area contributed by atoms with E-state index in [1.54, 1.807) is 24.3 Å². The second kappa shape index (κ2) is 12.4. The number of aromatic hydroxyl groups is 2. The van der Waals surface area contributed by atoms with E-state index in [2.05, 4.69) is 0 Å². The molecule has 0 radical (unpaired) electrons. The van der Waals surface area contributed by atoms with Crippen molar-refractivity contribution in [2.24, 2.45) is 0 Å². The second-order valence-corrected chi connectivity index (χ2v) is 3.67. The van der Waals surface area contributed by atoms with Crippen LogP contribution in [0.1, 0.15) is 11.1 Å². The van der Waals surface area contributed by atoms with Crippen molar-refractivity contribution in [2.45, 2.75) is 13.8 Å². The molecule has 0 aliphatic rings. The molecule has 104 valence electrons. The average molecular weight is 337 g/mol. The average Bonchev–Trinajstić information content (AvgIpc) is 2.28. The fourth-order valence-electron chi connectivity index (χ4n) is 1.09. The molecule has 0 unspecified atom stereocenters. The summed E-state index contributed by atoms with van der Waals surface area (Å²) >= 11 is 0. The van der Waals surface area contributed by atoms with Gasteiger partial charge in [-0.15, -0.1) is 24.8 Å². The van der Waals surface area contributed by atoms with Gasteiger partial charge in [0, 0.05) is 21.7 Å². The molecule has 0 spiro atoms. The van der Waals surface area contributed by atoms with Crippen LogP contribution in [0.3, 0.4) is 0 Å². The van der Waals surface area contributed by atoms with Crippen molar-refractivity contribution in [3.05, 3.63) is 59.7 Å². The van der Waals surface area contributed by atoms with Gasteiger partial charge in [0.15, 0.2) is 0 Å². The van der Waals surface area contributed by atoms with Gasteiger partial charge in [0.25, 0.3) is 0 Å². The fraction of sp³-hybridized carbons (Fsp3) is 0.143. The van der Waals surface area contributed by atoms with E-state index in [-0.39, 0.29) is 46.5 Å². The van der Waals surface area contributed by atoms with E-state index in [1.807, 2.05) is 38.1 Å². The zero-order valence-corrected chi connectivity index (χ0v) is 14.0. The number of phenolic OH excluding ortho intramolecular Hbond substituents is 2. The van der Waals surface area contributed by atoms with E-state index >= 15 is 0 Å². The Balaban J connectivity index is -0.000000233. The van der Waals surface area contributed by atoms with Crippen LogP contribution >= 0.6 is 24.8 Å². The van der Waals surface area contributed by atoms with Gasteiger partial charge in [0.05, 0.1) is 0 Å². The Labute approximate surface area is 141 Å². The number of aryl methyl sites for hydroxylation is 2. The third-order valence-corrected chi connectivity index (χ3v) is 2.07. The molecule has 0 bridgehead atoms. The van der Waals surface area contributed by atoms with Gasteiger partial charge in [0.2, 0.25) is 0 Å². The Kier molecular flexibility index (Phi) is 15.3. The van der Waals surface area contributed by atoms with E-state index in [0.29, 0.717) is 11.5 Å². The number of halogens is 2. The molecule has 5 heteroatoms. The normalized spacial score (nSPS) is 7.68. The summed E-state index contributed by atoms with van der Waals surface area (Å²) in [4.78, 5) is 0. The number of hydrogen-bond donors (Lipinski definition) is 2. The Morgan fingerprint density at radius 2 is 0.789 bits per heavy atom. The van der Waals surface area contributed by atoms with E-state index in [9.17, 15) is 0 Å². The fourth-order valence-corrected chi connectivity index (χ4v) is 1.09. The SMILES string of the molecule is Cc1ccc(O)cc1.Cc1ccc(O)cc1.Cl.Cl.[Ti]. The quantitative estimate of drug-likeness (QED) is 0.706. The first-order valence-electron chi connectivity index (χ1n) is 5.09. The van der Waals surface area contributed by atoms with Crippen molar-refractivity contribution in [3.8, 4) is 11.5 Å². The number of rotatable bonds is 0. The molecular formula is C14H18Cl2O2Ti. The van der Waals surface area contributed by atoms with Gasteiger partial charge in [-0.2, -0.15) is 0 Å². The minimum atomic E-state index is 0. The van der Waals surface area contributed by atoms with Crippen molar-refractivity contribution in [1.82, 2.24) is 0 Å². The molecule has 0 amide bonds. The van der Waals surface area contributed by atoms with Crippen LogP contribution in [0.2, 0.25) is 0 Å². The first kappa shape index (κ1) is 23.4. The summed E-state index contributed by atoms with van der Waals surface area (Å²) in [6.07, 6.45) is 0. The number of phenols is 2. The molecule has 2 aromatic rings. The molecule has 0 aliphatic carbocycles. The second-order valence-electron chi connectivity index (χ2n) is 3.67. The van der Waals surface area contributed by atoms with Crippen LogP contribution in [0.4, 0.5) is 0 Å². The van der Waals surface area contributed by atoms with Gasteiger partial charge in [-0.1, -0.05) is 35.4 Å². The Bertz CT molecular complexity index is 345. The zero-order chi connectivity index (χ0) is 12.0. The monoisotopic (exact) mass is 336 g/mol. The van der Waals surface area contributed by atoms with Gasteiger partial charge in [-0.25, -0.2) is 0 Å². The van der Waals surface area contributed by atoms with Gasteiger partial charge in [-0.05, 0) is 38.1 Å². The maximum atomic E-state index is 8.76. The molecule has 0 heterocycles. The standard InChI is InChI=1S/2C7H8O.2ClH.Ti/c2*1-6-2-4-7(8)5-3-6;;;/h2*2-5,8H,1H3;2*1H;. The van der Waals surface area contributed by atoms with E-state index < -0.39 is 0 Å². The van der Waals surface area contributed by atoms with Crippen LogP contribution in [-0.4, -0.2) is 10.2 Å². The smallest absolute Gasteiger partial charge is 0.115 e. The van der Waals surface area contributed by atoms with E-state index in [0.717, 1.165) is 0 Å². The minimum absolute atomic E-state index is 0. The first-order valence-corrected chi connectivity index (χ1v) is 5.09. The summed E-state index contributed by atoms with van der Waals surface area (Å²) in [6, 6.07) is 14.2. The summed E-state index contributed by atoms with van der Waals surface area (Å²) in [5.74, 6) is 0.659. The summed E-state index contributed by atoms with van der Waals surface area (Å²) in [5.41, 5.74) is 2.34. The molecular weight excluding hydrogens is 319 g/mol. The summed E-state index contributed by atoms with van der Waals surface area (Å²) in [5, 5.41) is 17.5. The molecule has 0 aromatic heterocycles. The van der Waals surface area contributed by atoms with Crippen molar-refractivity contribution in [2.75, 3.05) is 0 Å². The predicted molar refractivity (Wildman–Crippen MR) is 80.2 cm³/mol. The number of benzene rings is 2. The summed E-state index contributed by atoms with van der Waals surface area (Å²) < 4.78 is 0. The molecule has 0 saturated carbocycles. The van der Waals surface area contributed by atoms with Crippen LogP contribution in [-0.2, 0) is 21.7 Å². The van der Waals surface area contributed by atoms with Crippen molar-refractivity contribution >= 4 is 24.8 Å². The molecule has 0 aliphatic heterocycles. The Morgan fingerprint density at radius 1 is 0.579 bits per heavy atom. The minimum Gasteiger partial charge on any atom is -0.508 e. The molecule has 0 atom stereocenters. The molecule has 2 N–H and O–H groups in total. The Hall–Kier alpha value is -0.666. The predicted octanol–water partition coefficient (Wildman–Crippen LogP) is 4.24. The molecule has 0 fully saturated rings. The van der Waals surface area contributed by atoms with Crippen LogP contribution in [0.25, 0.3) is 0 Å². The van der Waals surface area contributed by atoms with Crippen molar-refractivity contribution < 1.29 is 31.9 Å². The Morgan fingerprint density at radius 3 is 0.947 bits per heavy atom. The van der Waals surface area contributed by atoms with Gasteiger partial charge in [-0.3, -0.25) is 0 Å². The van der Waals surface area contributed by atoms with Crippen LogP contribution < -0.4 is 0 Å². The molecule has 19 heavy (non-hydrogen) atoms. The topological polar surface area (TPSA) is 40.5 Å². The third-order valence-electron chi connectivity index (χ3n) is 2.07. The third kappa shape index (κ3) is 10.9. The molecule has 0 saturated heterocycles. The van der Waals surface area contributed by atoms with Gasteiger partial charge >= 0.3 is 0 Å². The maximum absolute atomic E-state index is 8.76. The van der Waals surface area contributed by atoms with Crippen molar-refractivity contribution in [3.63, 3.8) is 0 Å². The van der Waals surface area contributed by atoms with Crippen LogP contribution in [0.15, 0.2) is 48.5 Å². The van der Waals surface area contributed by atoms with Crippen LogP contribution in [0, 0.1) is 13.8 Å². The molecule has 2 nitrogen and oxygen atoms in total. The van der Waals surface area contributed by atoms with Crippen LogP contribution in [0.5, 0.6) is 11.5 Å². The first-order chi connectivity index (χ1) is 7.58. The summed E-state index contributed by atoms with van der Waals surface area (Å²) in [7, 11) is 0. The molecule has 2 rings (SSSR count). The van der Waals surface area contributed by atoms with Gasteiger partial charge in [0.1, 0.15) is 11.5 Å². The van der Waals surface area contributed by atoms with Gasteiger partial charge < -0.3 is 10.2 Å². The van der Waals surface area contributed by atoms with Crippen molar-refractivity contribution in [1.29, 1.82) is 0 Å². The maximum Gasteiger partial charge on any atom is 0.115 e. The zero-order valence-electron chi connectivity index (χ0n) is 10.8. The summed E-state index contributed by atoms with van der Waals surface area (Å²) in [6.45, 7) is 3.97. The number of hydrogen-bond acceptors (Lipinski definition) is 2. The van der Waals surface area contributed by atoms with E-state index in [4.69, 9.17) is 10.2 Å².